The van der Waals surface area contributed by atoms with E-state index < -0.39 is 5.97 Å². The largest absolute Gasteiger partial charge is 0.485 e. The molecule has 8 nitrogen and oxygen atoms in total. The smallest absolute Gasteiger partial charge is 0.341 e. The van der Waals surface area contributed by atoms with E-state index in [-0.39, 0.29) is 24.9 Å². The average molecular weight is 551 g/mol. The monoisotopic (exact) mass is 550 g/mol. The molecular formula is C28H30N4O4S2. The molecule has 1 amide bonds. The third-order valence-electron chi connectivity index (χ3n) is 5.75. The molecule has 0 atom stereocenters. The maximum absolute atomic E-state index is 12.9. The minimum absolute atomic E-state index is 0.108. The molecule has 1 N–H and O–H groups in total. The van der Waals surface area contributed by atoms with Crippen LogP contribution in [0.15, 0.2) is 59.1 Å². The molecule has 0 unspecified atom stereocenters. The number of anilines is 1. The number of thioether (sulfide) groups is 1. The van der Waals surface area contributed by atoms with Crippen LogP contribution in [0.25, 0.3) is 11.1 Å². The number of nitrogens with one attached hydrogen (secondary N) is 1. The molecule has 0 fully saturated rings. The molecule has 0 bridgehead atoms. The number of carbonyl (C=O) groups is 2. The van der Waals surface area contributed by atoms with E-state index in [1.165, 1.54) is 23.1 Å². The first-order valence-electron chi connectivity index (χ1n) is 12.3. The number of nitrogens with zero attached hydrogens (tertiary/aromatic N) is 3. The molecule has 198 valence electrons. The highest BCUT2D eigenvalue weighted by Crippen LogP contribution is 2.36. The van der Waals surface area contributed by atoms with E-state index in [2.05, 4.69) is 15.5 Å². The predicted octanol–water partition coefficient (Wildman–Crippen LogP) is 6.13. The molecule has 0 radical (unpaired) electrons. The van der Waals surface area contributed by atoms with Crippen LogP contribution in [0.3, 0.4) is 0 Å². The van der Waals surface area contributed by atoms with Gasteiger partial charge in [0.1, 0.15) is 22.9 Å². The Hall–Kier alpha value is -3.63. The third-order valence-corrected chi connectivity index (χ3v) is 7.61. The lowest BCUT2D eigenvalue weighted by molar-refractivity contribution is -0.113. The van der Waals surface area contributed by atoms with Crippen LogP contribution < -0.4 is 10.1 Å². The molecule has 2 aromatic heterocycles. The van der Waals surface area contributed by atoms with E-state index in [0.29, 0.717) is 28.1 Å². The molecule has 0 aliphatic heterocycles. The minimum Gasteiger partial charge on any atom is -0.485 e. The summed E-state index contributed by atoms with van der Waals surface area (Å²) in [4.78, 5) is 25.7. The molecule has 4 aromatic rings. The molecule has 38 heavy (non-hydrogen) atoms. The van der Waals surface area contributed by atoms with Gasteiger partial charge in [-0.05, 0) is 50.5 Å². The van der Waals surface area contributed by atoms with Gasteiger partial charge in [-0.15, -0.1) is 21.5 Å². The molecule has 0 aliphatic rings. The number of ether oxygens (including phenoxy) is 2. The third kappa shape index (κ3) is 6.43. The number of carbonyl (C=O) groups excluding carboxylic acids is 2. The Morgan fingerprint density at radius 1 is 1.08 bits per heavy atom. The molecule has 10 heteroatoms. The second kappa shape index (κ2) is 12.7. The summed E-state index contributed by atoms with van der Waals surface area (Å²) in [6.07, 6.45) is 0. The van der Waals surface area contributed by atoms with Gasteiger partial charge in [0.25, 0.3) is 0 Å². The number of aromatic nitrogens is 3. The molecular weight excluding hydrogens is 520 g/mol. The highest BCUT2D eigenvalue weighted by molar-refractivity contribution is 7.99. The molecule has 0 saturated carbocycles. The number of thiophene rings is 1. The van der Waals surface area contributed by atoms with Crippen LogP contribution in [0.5, 0.6) is 5.75 Å². The summed E-state index contributed by atoms with van der Waals surface area (Å²) in [7, 11) is 0. The van der Waals surface area contributed by atoms with Gasteiger partial charge in [-0.25, -0.2) is 4.79 Å². The Morgan fingerprint density at radius 3 is 2.61 bits per heavy atom. The number of amides is 1. The summed E-state index contributed by atoms with van der Waals surface area (Å²) >= 11 is 2.59. The van der Waals surface area contributed by atoms with E-state index in [1.54, 1.807) is 6.92 Å². The SMILES string of the molecule is CCOC(=O)c1c(-c2ccccc2)csc1NC(=O)CSc1nnc(COc2cc(C)ccc2C)n1CC. The van der Waals surface area contributed by atoms with Crippen LogP contribution in [0.2, 0.25) is 0 Å². The van der Waals surface area contributed by atoms with Crippen LogP contribution in [0.4, 0.5) is 5.00 Å². The highest BCUT2D eigenvalue weighted by Gasteiger charge is 2.23. The van der Waals surface area contributed by atoms with Gasteiger partial charge in [0, 0.05) is 17.5 Å². The quantitative estimate of drug-likeness (QED) is 0.177. The van der Waals surface area contributed by atoms with Gasteiger partial charge in [0.2, 0.25) is 5.91 Å². The van der Waals surface area contributed by atoms with E-state index in [1.807, 2.05) is 79.2 Å². The van der Waals surface area contributed by atoms with Crippen molar-refractivity contribution in [3.05, 3.63) is 76.4 Å². The van der Waals surface area contributed by atoms with Crippen molar-refractivity contribution in [2.45, 2.75) is 46.0 Å². The number of hydrogen-bond donors (Lipinski definition) is 1. The van der Waals surface area contributed by atoms with Crippen LogP contribution in [0.1, 0.15) is 41.2 Å². The highest BCUT2D eigenvalue weighted by atomic mass is 32.2. The van der Waals surface area contributed by atoms with Gasteiger partial charge >= 0.3 is 5.97 Å². The number of aryl methyl sites for hydroxylation is 2. The standard InChI is InChI=1S/C28H30N4O4S2/c1-5-32-23(15-36-22-14-18(3)12-13-19(22)4)30-31-28(32)38-17-24(33)29-26-25(27(34)35-6-2)21(16-37-26)20-10-8-7-9-11-20/h7-14,16H,5-6,15,17H2,1-4H3,(H,29,33). The van der Waals surface area contributed by atoms with Crippen molar-refractivity contribution in [2.75, 3.05) is 17.7 Å². The van der Waals surface area contributed by atoms with Crippen LogP contribution >= 0.6 is 23.1 Å². The first kappa shape index (κ1) is 27.4. The molecule has 0 saturated heterocycles. The van der Waals surface area contributed by atoms with Crippen molar-refractivity contribution in [2.24, 2.45) is 0 Å². The number of esters is 1. The topological polar surface area (TPSA) is 95.3 Å². The lowest BCUT2D eigenvalue weighted by atomic mass is 10.0. The number of rotatable bonds is 11. The summed E-state index contributed by atoms with van der Waals surface area (Å²) in [6.45, 7) is 8.94. The summed E-state index contributed by atoms with van der Waals surface area (Å²) in [6, 6.07) is 15.6. The van der Waals surface area contributed by atoms with E-state index in [0.717, 1.165) is 28.0 Å². The summed E-state index contributed by atoms with van der Waals surface area (Å²) in [5.41, 5.74) is 4.15. The Kier molecular flexibility index (Phi) is 9.19. The van der Waals surface area contributed by atoms with Crippen molar-refractivity contribution >= 4 is 40.0 Å². The van der Waals surface area contributed by atoms with Crippen molar-refractivity contribution in [1.82, 2.24) is 14.8 Å². The van der Waals surface area contributed by atoms with E-state index in [9.17, 15) is 9.59 Å². The zero-order valence-corrected chi connectivity index (χ0v) is 23.4. The summed E-state index contributed by atoms with van der Waals surface area (Å²) in [5.74, 6) is 0.895. The lowest BCUT2D eigenvalue weighted by Crippen LogP contribution is -2.17. The van der Waals surface area contributed by atoms with Gasteiger partial charge in [-0.2, -0.15) is 0 Å². The summed E-state index contributed by atoms with van der Waals surface area (Å²) < 4.78 is 13.2. The molecule has 2 aromatic carbocycles. The Bertz CT molecular complexity index is 1420. The van der Waals surface area contributed by atoms with Gasteiger partial charge in [0.15, 0.2) is 11.0 Å². The maximum atomic E-state index is 12.9. The number of benzene rings is 2. The minimum atomic E-state index is -0.463. The fourth-order valence-electron chi connectivity index (χ4n) is 3.83. The van der Waals surface area contributed by atoms with Gasteiger partial charge < -0.3 is 19.4 Å². The molecule has 2 heterocycles. The molecule has 0 aliphatic carbocycles. The Balaban J connectivity index is 1.43. The van der Waals surface area contributed by atoms with E-state index >= 15 is 0 Å². The zero-order valence-electron chi connectivity index (χ0n) is 21.8. The van der Waals surface area contributed by atoms with Crippen LogP contribution in [0, 0.1) is 13.8 Å². The second-order valence-electron chi connectivity index (χ2n) is 8.48. The second-order valence-corrected chi connectivity index (χ2v) is 10.3. The Morgan fingerprint density at radius 2 is 1.87 bits per heavy atom. The lowest BCUT2D eigenvalue weighted by Gasteiger charge is -2.11. The van der Waals surface area contributed by atoms with Crippen molar-refractivity contribution in [1.29, 1.82) is 0 Å². The summed E-state index contributed by atoms with van der Waals surface area (Å²) in [5, 5.41) is 14.4. The zero-order chi connectivity index (χ0) is 27.1. The van der Waals surface area contributed by atoms with Crippen LogP contribution in [-0.4, -0.2) is 39.0 Å². The number of hydrogen-bond acceptors (Lipinski definition) is 8. The van der Waals surface area contributed by atoms with Gasteiger partial charge in [-0.3, -0.25) is 4.79 Å². The first-order chi connectivity index (χ1) is 18.4. The maximum Gasteiger partial charge on any atom is 0.341 e. The molecule has 4 rings (SSSR count). The van der Waals surface area contributed by atoms with E-state index in [4.69, 9.17) is 9.47 Å². The van der Waals surface area contributed by atoms with Gasteiger partial charge in [0.05, 0.1) is 12.4 Å². The molecule has 0 spiro atoms. The average Bonchev–Trinajstić information content (AvgIpc) is 3.52. The first-order valence-corrected chi connectivity index (χ1v) is 14.2. The fraction of sp³-hybridized carbons (Fsp3) is 0.286. The fourth-order valence-corrected chi connectivity index (χ4v) is 5.63. The normalized spacial score (nSPS) is 10.8. The van der Waals surface area contributed by atoms with Crippen LogP contribution in [-0.2, 0) is 22.7 Å². The Labute approximate surface area is 230 Å². The van der Waals surface area contributed by atoms with Crippen molar-refractivity contribution < 1.29 is 19.1 Å². The predicted molar refractivity (Wildman–Crippen MR) is 151 cm³/mol. The van der Waals surface area contributed by atoms with Crippen molar-refractivity contribution in [3.8, 4) is 16.9 Å². The van der Waals surface area contributed by atoms with Gasteiger partial charge in [-0.1, -0.05) is 54.2 Å². The van der Waals surface area contributed by atoms with Crippen molar-refractivity contribution in [3.63, 3.8) is 0 Å².